The second-order valence-electron chi connectivity index (χ2n) is 6.56. The van der Waals surface area contributed by atoms with E-state index in [4.69, 9.17) is 0 Å². The van der Waals surface area contributed by atoms with E-state index in [2.05, 4.69) is 20.5 Å². The number of anilines is 1. The maximum Gasteiger partial charge on any atom is 0.272 e. The van der Waals surface area contributed by atoms with Crippen LogP contribution in [0.25, 0.3) is 5.69 Å². The van der Waals surface area contributed by atoms with Gasteiger partial charge in [-0.25, -0.2) is 9.37 Å². The molecule has 12 heteroatoms. The number of benzene rings is 1. The van der Waals surface area contributed by atoms with Crippen LogP contribution >= 0.6 is 46.6 Å². The van der Waals surface area contributed by atoms with Crippen molar-refractivity contribution in [3.63, 3.8) is 0 Å². The fourth-order valence-corrected chi connectivity index (χ4v) is 6.53. The first-order chi connectivity index (χ1) is 14.9. The first kappa shape index (κ1) is 22.3. The number of thioether (sulfide) groups is 3. The van der Waals surface area contributed by atoms with Gasteiger partial charge < -0.3 is 0 Å². The molecule has 1 aromatic carbocycles. The summed E-state index contributed by atoms with van der Waals surface area (Å²) in [6.07, 6.45) is 0.696. The quantitative estimate of drug-likeness (QED) is 0.298. The van der Waals surface area contributed by atoms with Crippen LogP contribution in [0.5, 0.6) is 0 Å². The van der Waals surface area contributed by atoms with Gasteiger partial charge in [0, 0.05) is 11.7 Å². The second-order valence-corrected chi connectivity index (χ2v) is 11.4. The van der Waals surface area contributed by atoms with E-state index in [0.29, 0.717) is 27.3 Å². The van der Waals surface area contributed by atoms with E-state index in [1.807, 2.05) is 13.8 Å². The second kappa shape index (κ2) is 9.72. The van der Waals surface area contributed by atoms with Gasteiger partial charge in [-0.3, -0.25) is 19.5 Å². The highest BCUT2D eigenvalue weighted by atomic mass is 32.2. The molecule has 7 nitrogen and oxygen atoms in total. The van der Waals surface area contributed by atoms with Crippen LogP contribution in [0.4, 0.5) is 9.52 Å². The molecule has 1 aliphatic heterocycles. The largest absolute Gasteiger partial charge is 0.300 e. The number of carbonyl (C=O) groups excluding carboxylic acids is 1. The number of hydrogen-bond acceptors (Lipinski definition) is 9. The van der Waals surface area contributed by atoms with Crippen molar-refractivity contribution in [1.29, 1.82) is 0 Å². The van der Waals surface area contributed by atoms with Crippen LogP contribution in [-0.2, 0) is 11.2 Å². The predicted molar refractivity (Wildman–Crippen MR) is 124 cm³/mol. The summed E-state index contributed by atoms with van der Waals surface area (Å²) < 4.78 is 15.6. The molecule has 0 fully saturated rings. The minimum absolute atomic E-state index is 0.0466. The minimum atomic E-state index is -0.389. The Bertz CT molecular complexity index is 1170. The van der Waals surface area contributed by atoms with Crippen molar-refractivity contribution in [2.45, 2.75) is 39.9 Å². The Morgan fingerprint density at radius 2 is 2.06 bits per heavy atom. The molecule has 1 N–H and O–H groups in total. The molecule has 0 saturated heterocycles. The van der Waals surface area contributed by atoms with Crippen LogP contribution in [-0.4, -0.2) is 42.4 Å². The van der Waals surface area contributed by atoms with E-state index in [1.54, 1.807) is 11.8 Å². The Labute approximate surface area is 194 Å². The van der Waals surface area contributed by atoms with Crippen molar-refractivity contribution in [3.05, 3.63) is 46.1 Å². The normalized spacial score (nSPS) is 15.1. The first-order valence-electron chi connectivity index (χ1n) is 9.42. The summed E-state index contributed by atoms with van der Waals surface area (Å²) in [6.45, 7) is 4.06. The molecule has 3 heterocycles. The average molecular weight is 496 g/mol. The standard InChI is InChI=1S/C19H18FN5O2S4/c1-3-28-19-24-23-17(31-19)22-14(26)9-29-18-21-13-8-10(2)30-15(13)16(27)25(18)12-6-4-11(20)5-7-12/h4-7,10H,3,8-9H2,1-2H3,(H,22,23,26). The van der Waals surface area contributed by atoms with Gasteiger partial charge in [0.25, 0.3) is 5.56 Å². The molecule has 1 amide bonds. The molecule has 4 rings (SSSR count). The number of aromatic nitrogens is 4. The minimum Gasteiger partial charge on any atom is -0.300 e. The Morgan fingerprint density at radius 1 is 1.29 bits per heavy atom. The Morgan fingerprint density at radius 3 is 2.81 bits per heavy atom. The molecular formula is C19H18FN5O2S4. The van der Waals surface area contributed by atoms with Crippen molar-refractivity contribution < 1.29 is 9.18 Å². The average Bonchev–Trinajstić information content (AvgIpc) is 3.33. The zero-order valence-electron chi connectivity index (χ0n) is 16.6. The molecule has 0 aliphatic carbocycles. The van der Waals surface area contributed by atoms with Crippen molar-refractivity contribution >= 4 is 57.7 Å². The molecule has 0 spiro atoms. The third-order valence-corrected chi connectivity index (χ3v) is 8.23. The topological polar surface area (TPSA) is 89.8 Å². The van der Waals surface area contributed by atoms with Crippen molar-refractivity contribution in [1.82, 2.24) is 19.7 Å². The highest BCUT2D eigenvalue weighted by Gasteiger charge is 2.27. The van der Waals surface area contributed by atoms with Gasteiger partial charge >= 0.3 is 0 Å². The summed E-state index contributed by atoms with van der Waals surface area (Å²) in [7, 11) is 0. The van der Waals surface area contributed by atoms with Gasteiger partial charge in [-0.05, 0) is 30.0 Å². The van der Waals surface area contributed by atoms with Gasteiger partial charge in [0.1, 0.15) is 5.82 Å². The van der Waals surface area contributed by atoms with Crippen LogP contribution in [0.3, 0.4) is 0 Å². The van der Waals surface area contributed by atoms with Gasteiger partial charge in [0.05, 0.1) is 22.0 Å². The molecule has 1 atom stereocenters. The molecular weight excluding hydrogens is 478 g/mol. The molecule has 31 heavy (non-hydrogen) atoms. The van der Waals surface area contributed by atoms with E-state index in [-0.39, 0.29) is 28.3 Å². The Balaban J connectivity index is 1.57. The van der Waals surface area contributed by atoms with Gasteiger partial charge in [0.2, 0.25) is 11.0 Å². The van der Waals surface area contributed by atoms with E-state index < -0.39 is 0 Å². The predicted octanol–water partition coefficient (Wildman–Crippen LogP) is 4.10. The molecule has 3 aromatic rings. The summed E-state index contributed by atoms with van der Waals surface area (Å²) in [5.41, 5.74) is 1.06. The number of nitrogens with one attached hydrogen (secondary N) is 1. The number of halogens is 1. The van der Waals surface area contributed by atoms with Crippen LogP contribution < -0.4 is 10.9 Å². The van der Waals surface area contributed by atoms with E-state index in [9.17, 15) is 14.0 Å². The zero-order valence-corrected chi connectivity index (χ0v) is 19.9. The van der Waals surface area contributed by atoms with Gasteiger partial charge in [0.15, 0.2) is 9.50 Å². The smallest absolute Gasteiger partial charge is 0.272 e. The lowest BCUT2D eigenvalue weighted by molar-refractivity contribution is -0.113. The molecule has 1 unspecified atom stereocenters. The molecule has 162 valence electrons. The lowest BCUT2D eigenvalue weighted by Crippen LogP contribution is -2.24. The fraction of sp³-hybridized carbons (Fsp3) is 0.316. The summed E-state index contributed by atoms with van der Waals surface area (Å²) in [4.78, 5) is 30.9. The third kappa shape index (κ3) is 5.13. The first-order valence-corrected chi connectivity index (χ1v) is 13.1. The van der Waals surface area contributed by atoms with Gasteiger partial charge in [-0.2, -0.15) is 0 Å². The van der Waals surface area contributed by atoms with E-state index >= 15 is 0 Å². The van der Waals surface area contributed by atoms with E-state index in [0.717, 1.165) is 27.5 Å². The molecule has 0 bridgehead atoms. The number of fused-ring (bicyclic) bond motifs is 1. The van der Waals surface area contributed by atoms with Crippen LogP contribution in [0.2, 0.25) is 0 Å². The van der Waals surface area contributed by atoms with Crippen molar-refractivity contribution in [2.75, 3.05) is 16.8 Å². The zero-order chi connectivity index (χ0) is 22.0. The van der Waals surface area contributed by atoms with Crippen LogP contribution in [0.15, 0.2) is 43.5 Å². The molecule has 1 aliphatic rings. The highest BCUT2D eigenvalue weighted by Crippen LogP contribution is 2.35. The van der Waals surface area contributed by atoms with Gasteiger partial charge in [-0.15, -0.1) is 22.0 Å². The number of amides is 1. The maximum atomic E-state index is 13.4. The highest BCUT2D eigenvalue weighted by molar-refractivity contribution is 8.01. The monoisotopic (exact) mass is 495 g/mol. The summed E-state index contributed by atoms with van der Waals surface area (Å²) >= 11 is 5.53. The van der Waals surface area contributed by atoms with Crippen LogP contribution in [0, 0.1) is 5.82 Å². The number of hydrogen-bond donors (Lipinski definition) is 1. The molecule has 0 radical (unpaired) electrons. The summed E-state index contributed by atoms with van der Waals surface area (Å²) in [6, 6.07) is 5.67. The van der Waals surface area contributed by atoms with E-state index in [1.165, 1.54) is 51.9 Å². The number of nitrogens with zero attached hydrogens (tertiary/aromatic N) is 4. The van der Waals surface area contributed by atoms with Crippen LogP contribution in [0.1, 0.15) is 19.5 Å². The third-order valence-electron chi connectivity index (χ3n) is 4.22. The van der Waals surface area contributed by atoms with Crippen molar-refractivity contribution in [2.24, 2.45) is 0 Å². The lowest BCUT2D eigenvalue weighted by Gasteiger charge is -2.13. The Hall–Kier alpha value is -1.89. The lowest BCUT2D eigenvalue weighted by atomic mass is 10.2. The fourth-order valence-electron chi connectivity index (χ4n) is 2.94. The number of rotatable bonds is 7. The summed E-state index contributed by atoms with van der Waals surface area (Å²) in [5, 5.41) is 11.8. The SMILES string of the molecule is CCSc1nnc(NC(=O)CSc2nc3c(c(=O)n2-c2ccc(F)cc2)SC(C)C3)s1. The Kier molecular flexibility index (Phi) is 6.99. The maximum absolute atomic E-state index is 13.4. The number of carbonyl (C=O) groups is 1. The summed E-state index contributed by atoms with van der Waals surface area (Å²) in [5.74, 6) is 0.267. The molecule has 0 saturated carbocycles. The molecule has 2 aromatic heterocycles. The van der Waals surface area contributed by atoms with Gasteiger partial charge in [-0.1, -0.05) is 48.7 Å². The van der Waals surface area contributed by atoms with Crippen molar-refractivity contribution in [3.8, 4) is 5.69 Å².